The molecule has 0 unspecified atom stereocenters. The van der Waals surface area contributed by atoms with Gasteiger partial charge >= 0.3 is 13.1 Å². The molecule has 2 aromatic rings. The van der Waals surface area contributed by atoms with Crippen molar-refractivity contribution in [3.8, 4) is 0 Å². The van der Waals surface area contributed by atoms with Gasteiger partial charge in [-0.1, -0.05) is 42.5 Å². The van der Waals surface area contributed by atoms with Crippen LogP contribution < -0.4 is 5.46 Å². The van der Waals surface area contributed by atoms with Gasteiger partial charge < -0.3 is 14.0 Å². The number of hydrogen-bond donors (Lipinski definition) is 0. The van der Waals surface area contributed by atoms with Crippen LogP contribution in [0.2, 0.25) is 0 Å². The molecule has 0 aromatic heterocycles. The first-order chi connectivity index (χ1) is 12.8. The van der Waals surface area contributed by atoms with Crippen molar-refractivity contribution in [1.82, 2.24) is 0 Å². The van der Waals surface area contributed by atoms with Crippen LogP contribution in [-0.4, -0.2) is 30.0 Å². The van der Waals surface area contributed by atoms with Gasteiger partial charge in [-0.15, -0.1) is 11.8 Å². The number of ether oxygens (including phenoxy) is 1. The Morgan fingerprint density at radius 2 is 1.67 bits per heavy atom. The number of carbonyl (C=O) groups excluding carboxylic acids is 1. The van der Waals surface area contributed by atoms with Crippen LogP contribution in [0.15, 0.2) is 59.5 Å². The van der Waals surface area contributed by atoms with E-state index in [4.69, 9.17) is 14.0 Å². The summed E-state index contributed by atoms with van der Waals surface area (Å²) in [6.07, 6.45) is 0. The minimum absolute atomic E-state index is 0.232. The van der Waals surface area contributed by atoms with Gasteiger partial charge in [0.05, 0.1) is 17.0 Å². The Kier molecular flexibility index (Phi) is 5.99. The zero-order valence-electron chi connectivity index (χ0n) is 16.2. The van der Waals surface area contributed by atoms with Gasteiger partial charge in [-0.3, -0.25) is 4.79 Å². The van der Waals surface area contributed by atoms with Crippen LogP contribution in [-0.2, 0) is 25.4 Å². The average molecular weight is 384 g/mol. The largest absolute Gasteiger partial charge is 0.494 e. The standard InChI is InChI=1S/C21H25BO4S/c1-20(2)21(3,4)26-22(25-20)17-11-8-12-18(13-17)27-15-19(23)24-14-16-9-6-5-7-10-16/h5-13H,14-15H2,1-4H3. The predicted molar refractivity (Wildman–Crippen MR) is 109 cm³/mol. The highest BCUT2D eigenvalue weighted by Gasteiger charge is 2.51. The highest BCUT2D eigenvalue weighted by Crippen LogP contribution is 2.36. The van der Waals surface area contributed by atoms with E-state index in [1.54, 1.807) is 0 Å². The molecule has 4 nitrogen and oxygen atoms in total. The number of esters is 1. The van der Waals surface area contributed by atoms with Gasteiger partial charge in [0, 0.05) is 4.90 Å². The molecule has 1 heterocycles. The Morgan fingerprint density at radius 3 is 2.33 bits per heavy atom. The summed E-state index contributed by atoms with van der Waals surface area (Å²) in [6, 6.07) is 17.6. The molecule has 0 aliphatic carbocycles. The van der Waals surface area contributed by atoms with Crippen molar-refractivity contribution in [3.63, 3.8) is 0 Å². The Hall–Kier alpha value is -1.76. The van der Waals surface area contributed by atoms with Gasteiger partial charge in [0.25, 0.3) is 0 Å². The van der Waals surface area contributed by atoms with Crippen molar-refractivity contribution in [2.45, 2.75) is 50.4 Å². The van der Waals surface area contributed by atoms with Crippen molar-refractivity contribution >= 4 is 30.3 Å². The normalized spacial score (nSPS) is 17.7. The molecule has 0 N–H and O–H groups in total. The van der Waals surface area contributed by atoms with Gasteiger partial charge in [0.1, 0.15) is 6.61 Å². The summed E-state index contributed by atoms with van der Waals surface area (Å²) in [6.45, 7) is 8.44. The molecular weight excluding hydrogens is 359 g/mol. The van der Waals surface area contributed by atoms with Gasteiger partial charge in [-0.25, -0.2) is 0 Å². The number of carbonyl (C=O) groups is 1. The quantitative estimate of drug-likeness (QED) is 0.430. The van der Waals surface area contributed by atoms with E-state index in [1.807, 2.05) is 82.3 Å². The molecule has 142 valence electrons. The fourth-order valence-corrected chi connectivity index (χ4v) is 3.41. The molecule has 0 atom stereocenters. The van der Waals surface area contributed by atoms with E-state index >= 15 is 0 Å². The third kappa shape index (κ3) is 4.95. The Morgan fingerprint density at radius 1 is 1.00 bits per heavy atom. The Balaban J connectivity index is 1.54. The molecule has 0 radical (unpaired) electrons. The first-order valence-electron chi connectivity index (χ1n) is 9.05. The first kappa shape index (κ1) is 20.0. The Bertz CT molecular complexity index is 776. The second kappa shape index (κ2) is 8.09. The number of benzene rings is 2. The molecule has 0 saturated carbocycles. The van der Waals surface area contributed by atoms with Crippen molar-refractivity contribution in [1.29, 1.82) is 0 Å². The van der Waals surface area contributed by atoms with E-state index < -0.39 is 7.12 Å². The fourth-order valence-electron chi connectivity index (χ4n) is 2.65. The molecule has 1 aliphatic rings. The van der Waals surface area contributed by atoms with Gasteiger partial charge in [-0.05, 0) is 50.9 Å². The molecule has 27 heavy (non-hydrogen) atoms. The third-order valence-corrected chi connectivity index (χ3v) is 5.95. The lowest BCUT2D eigenvalue weighted by molar-refractivity contribution is -0.141. The second-order valence-electron chi connectivity index (χ2n) is 7.60. The third-order valence-electron chi connectivity index (χ3n) is 4.98. The lowest BCUT2D eigenvalue weighted by atomic mass is 9.79. The summed E-state index contributed by atoms with van der Waals surface area (Å²) in [7, 11) is -0.402. The smallest absolute Gasteiger partial charge is 0.460 e. The van der Waals surface area contributed by atoms with Gasteiger partial charge in [-0.2, -0.15) is 0 Å². The molecule has 0 spiro atoms. The summed E-state index contributed by atoms with van der Waals surface area (Å²) in [5.74, 6) is 0.0320. The zero-order valence-corrected chi connectivity index (χ0v) is 17.0. The van der Waals surface area contributed by atoms with Crippen LogP contribution in [0.3, 0.4) is 0 Å². The molecule has 1 aliphatic heterocycles. The summed E-state index contributed by atoms with van der Waals surface area (Å²) < 4.78 is 17.5. The van der Waals surface area contributed by atoms with E-state index in [2.05, 4.69) is 0 Å². The maximum absolute atomic E-state index is 12.0. The van der Waals surface area contributed by atoms with E-state index in [0.29, 0.717) is 6.61 Å². The highest BCUT2D eigenvalue weighted by molar-refractivity contribution is 8.00. The molecular formula is C21H25BO4S. The van der Waals surface area contributed by atoms with Crippen molar-refractivity contribution in [2.75, 3.05) is 5.75 Å². The molecule has 2 aromatic carbocycles. The molecule has 0 amide bonds. The summed E-state index contributed by atoms with van der Waals surface area (Å²) in [5, 5.41) is 0. The lowest BCUT2D eigenvalue weighted by Gasteiger charge is -2.32. The van der Waals surface area contributed by atoms with Gasteiger partial charge in [0.15, 0.2) is 0 Å². The first-order valence-corrected chi connectivity index (χ1v) is 10.0. The topological polar surface area (TPSA) is 44.8 Å². The SMILES string of the molecule is CC1(C)OB(c2cccc(SCC(=O)OCc3ccccc3)c2)OC1(C)C. The predicted octanol–water partition coefficient (Wildman–Crippen LogP) is 3.82. The minimum Gasteiger partial charge on any atom is -0.460 e. The van der Waals surface area contributed by atoms with E-state index in [9.17, 15) is 4.79 Å². The zero-order chi connectivity index (χ0) is 19.5. The van der Waals surface area contributed by atoms with Crippen LogP contribution in [0.1, 0.15) is 33.3 Å². The Labute approximate surface area is 165 Å². The molecule has 3 rings (SSSR count). The van der Waals surface area contributed by atoms with Gasteiger partial charge in [0.2, 0.25) is 0 Å². The molecule has 0 bridgehead atoms. The van der Waals surface area contributed by atoms with E-state index in [-0.39, 0.29) is 22.9 Å². The van der Waals surface area contributed by atoms with Crippen molar-refractivity contribution in [3.05, 3.63) is 60.2 Å². The monoisotopic (exact) mass is 384 g/mol. The number of rotatable bonds is 6. The van der Waals surface area contributed by atoms with Crippen molar-refractivity contribution in [2.24, 2.45) is 0 Å². The summed E-state index contributed by atoms with van der Waals surface area (Å²) in [4.78, 5) is 13.0. The number of hydrogen-bond acceptors (Lipinski definition) is 5. The van der Waals surface area contributed by atoms with Crippen LogP contribution >= 0.6 is 11.8 Å². The van der Waals surface area contributed by atoms with Crippen LogP contribution in [0.4, 0.5) is 0 Å². The molecule has 6 heteroatoms. The molecule has 1 fully saturated rings. The fraction of sp³-hybridized carbons (Fsp3) is 0.381. The van der Waals surface area contributed by atoms with Crippen LogP contribution in [0.25, 0.3) is 0 Å². The second-order valence-corrected chi connectivity index (χ2v) is 8.64. The average Bonchev–Trinajstić information content (AvgIpc) is 2.87. The number of thioether (sulfide) groups is 1. The van der Waals surface area contributed by atoms with Crippen LogP contribution in [0, 0.1) is 0 Å². The van der Waals surface area contributed by atoms with E-state index in [1.165, 1.54) is 11.8 Å². The maximum Gasteiger partial charge on any atom is 0.494 e. The molecule has 1 saturated heterocycles. The maximum atomic E-state index is 12.0. The van der Waals surface area contributed by atoms with Crippen molar-refractivity contribution < 1.29 is 18.8 Å². The summed E-state index contributed by atoms with van der Waals surface area (Å²) >= 11 is 1.45. The minimum atomic E-state index is -0.402. The summed E-state index contributed by atoms with van der Waals surface area (Å²) in [5.41, 5.74) is 1.19. The highest BCUT2D eigenvalue weighted by atomic mass is 32.2. The lowest BCUT2D eigenvalue weighted by Crippen LogP contribution is -2.41. The van der Waals surface area contributed by atoms with Crippen LogP contribution in [0.5, 0.6) is 0 Å². The van der Waals surface area contributed by atoms with E-state index in [0.717, 1.165) is 15.9 Å².